The topological polar surface area (TPSA) is 134 Å². The highest BCUT2D eigenvalue weighted by atomic mass is 16.5. The number of nitriles is 1. The minimum Gasteiger partial charge on any atom is -0.378 e. The molecule has 0 unspecified atom stereocenters. The van der Waals surface area contributed by atoms with E-state index >= 15 is 0 Å². The van der Waals surface area contributed by atoms with Crippen molar-refractivity contribution in [3.05, 3.63) is 46.4 Å². The van der Waals surface area contributed by atoms with Crippen molar-refractivity contribution in [3.8, 4) is 6.07 Å². The Bertz CT molecular complexity index is 1140. The van der Waals surface area contributed by atoms with Crippen LogP contribution in [0.3, 0.4) is 0 Å². The van der Waals surface area contributed by atoms with Crippen LogP contribution >= 0.6 is 0 Å². The number of nitrogens with one attached hydrogen (secondary N) is 3. The standard InChI is InChI=1S/C23H25N7O3/c1-14(2)30-13-16-7-19(20(8-17(16)23(30)32)29-3-5-33-6-4-29)28-22(31)18(10-25)21-26-11-15(9-24)12-27-21/h7-8,10-12,14,25-26H,3-6,13H2,1-2H3,(H,28,31)/b21-18-,25-10?. The SMILES string of the molecule is CC(C)N1Cc2cc(NC(=O)/C(C=N)=C3\N=CC(C#N)=CN3)c(N3CCOCC3)cc2C1=O. The summed E-state index contributed by atoms with van der Waals surface area (Å²) in [6.07, 6.45) is 3.69. The molecule has 3 aliphatic rings. The van der Waals surface area contributed by atoms with Crippen LogP contribution in [0.2, 0.25) is 0 Å². The van der Waals surface area contributed by atoms with Gasteiger partial charge in [-0.3, -0.25) is 9.59 Å². The van der Waals surface area contributed by atoms with Gasteiger partial charge < -0.3 is 30.6 Å². The summed E-state index contributed by atoms with van der Waals surface area (Å²) in [5, 5.41) is 22.4. The molecule has 0 aromatic heterocycles. The van der Waals surface area contributed by atoms with Gasteiger partial charge in [-0.1, -0.05) is 0 Å². The molecule has 33 heavy (non-hydrogen) atoms. The number of aliphatic imine (C=N–C) groups is 1. The number of nitrogens with zero attached hydrogens (tertiary/aromatic N) is 4. The van der Waals surface area contributed by atoms with Crippen LogP contribution in [0.4, 0.5) is 11.4 Å². The van der Waals surface area contributed by atoms with Gasteiger partial charge in [-0.2, -0.15) is 5.26 Å². The Morgan fingerprint density at radius 1 is 1.36 bits per heavy atom. The largest absolute Gasteiger partial charge is 0.378 e. The number of benzene rings is 1. The number of morpholine rings is 1. The molecule has 170 valence electrons. The summed E-state index contributed by atoms with van der Waals surface area (Å²) in [5.74, 6) is -0.356. The van der Waals surface area contributed by atoms with Crippen molar-refractivity contribution in [2.45, 2.75) is 26.4 Å². The molecule has 3 aliphatic heterocycles. The van der Waals surface area contributed by atoms with Gasteiger partial charge in [-0.25, -0.2) is 4.99 Å². The van der Waals surface area contributed by atoms with Crippen molar-refractivity contribution in [1.29, 1.82) is 10.7 Å². The molecular weight excluding hydrogens is 422 g/mol. The van der Waals surface area contributed by atoms with Gasteiger partial charge in [0, 0.05) is 49.9 Å². The van der Waals surface area contributed by atoms with Crippen molar-refractivity contribution in [2.75, 3.05) is 36.5 Å². The molecule has 1 saturated heterocycles. The monoisotopic (exact) mass is 447 g/mol. The van der Waals surface area contributed by atoms with E-state index in [1.165, 1.54) is 12.4 Å². The highest BCUT2D eigenvalue weighted by Gasteiger charge is 2.32. The maximum absolute atomic E-state index is 13.1. The fraction of sp³-hybridized carbons (Fsp3) is 0.348. The lowest BCUT2D eigenvalue weighted by Crippen LogP contribution is -2.37. The van der Waals surface area contributed by atoms with E-state index in [2.05, 4.69) is 20.5 Å². The Labute approximate surface area is 191 Å². The Morgan fingerprint density at radius 2 is 2.12 bits per heavy atom. The van der Waals surface area contributed by atoms with Crippen LogP contribution in [0.15, 0.2) is 40.3 Å². The van der Waals surface area contributed by atoms with Crippen LogP contribution in [0, 0.1) is 16.7 Å². The second kappa shape index (κ2) is 9.26. The van der Waals surface area contributed by atoms with Crippen molar-refractivity contribution in [1.82, 2.24) is 10.2 Å². The number of rotatable bonds is 5. The van der Waals surface area contributed by atoms with Gasteiger partial charge >= 0.3 is 0 Å². The molecule has 10 nitrogen and oxygen atoms in total. The van der Waals surface area contributed by atoms with Gasteiger partial charge in [0.25, 0.3) is 11.8 Å². The smallest absolute Gasteiger partial charge is 0.261 e. The van der Waals surface area contributed by atoms with E-state index in [0.29, 0.717) is 49.7 Å². The average Bonchev–Trinajstić information content (AvgIpc) is 3.15. The van der Waals surface area contributed by atoms with E-state index in [9.17, 15) is 9.59 Å². The molecule has 4 rings (SSSR count). The molecule has 1 aromatic carbocycles. The lowest BCUT2D eigenvalue weighted by Gasteiger charge is -2.31. The van der Waals surface area contributed by atoms with E-state index in [0.717, 1.165) is 17.5 Å². The van der Waals surface area contributed by atoms with Crippen LogP contribution in [0.25, 0.3) is 0 Å². The predicted octanol–water partition coefficient (Wildman–Crippen LogP) is 1.77. The first-order valence-electron chi connectivity index (χ1n) is 10.7. The van der Waals surface area contributed by atoms with E-state index in [1.807, 2.05) is 32.0 Å². The van der Waals surface area contributed by atoms with Gasteiger partial charge in [0.15, 0.2) is 0 Å². The molecule has 0 saturated carbocycles. The Hall–Kier alpha value is -3.97. The van der Waals surface area contributed by atoms with E-state index in [1.54, 1.807) is 4.90 Å². The number of allylic oxidation sites excluding steroid dienone is 1. The van der Waals surface area contributed by atoms with E-state index in [-0.39, 0.29) is 23.3 Å². The molecule has 0 atom stereocenters. The summed E-state index contributed by atoms with van der Waals surface area (Å²) >= 11 is 0. The number of hydrogen-bond acceptors (Lipinski definition) is 8. The summed E-state index contributed by atoms with van der Waals surface area (Å²) in [7, 11) is 0. The first kappa shape index (κ1) is 22.2. The normalized spacial score (nSPS) is 19.0. The highest BCUT2D eigenvalue weighted by Crippen LogP contribution is 2.35. The van der Waals surface area contributed by atoms with Gasteiger partial charge in [-0.05, 0) is 31.5 Å². The predicted molar refractivity (Wildman–Crippen MR) is 124 cm³/mol. The molecule has 1 aromatic rings. The molecule has 1 fully saturated rings. The molecule has 0 bridgehead atoms. The minimum atomic E-state index is -0.516. The third-order valence-electron chi connectivity index (χ3n) is 5.75. The number of ether oxygens (including phenoxy) is 1. The summed E-state index contributed by atoms with van der Waals surface area (Å²) in [4.78, 5) is 34.0. The lowest BCUT2D eigenvalue weighted by molar-refractivity contribution is -0.112. The van der Waals surface area contributed by atoms with Crippen LogP contribution in [0.1, 0.15) is 29.8 Å². The first-order valence-corrected chi connectivity index (χ1v) is 10.7. The van der Waals surface area contributed by atoms with E-state index in [4.69, 9.17) is 15.4 Å². The number of fused-ring (bicyclic) bond motifs is 1. The molecule has 2 amide bonds. The van der Waals surface area contributed by atoms with Crippen molar-refractivity contribution >= 4 is 35.6 Å². The van der Waals surface area contributed by atoms with Crippen molar-refractivity contribution < 1.29 is 14.3 Å². The van der Waals surface area contributed by atoms with Crippen molar-refractivity contribution in [3.63, 3.8) is 0 Å². The minimum absolute atomic E-state index is 0.0180. The maximum atomic E-state index is 13.1. The van der Waals surface area contributed by atoms with Gasteiger partial charge in [0.2, 0.25) is 0 Å². The molecule has 3 N–H and O–H groups in total. The molecule has 0 spiro atoms. The fourth-order valence-corrected chi connectivity index (χ4v) is 3.95. The third kappa shape index (κ3) is 4.36. The first-order chi connectivity index (χ1) is 15.9. The zero-order valence-electron chi connectivity index (χ0n) is 18.5. The van der Waals surface area contributed by atoms with E-state index < -0.39 is 5.91 Å². The summed E-state index contributed by atoms with van der Waals surface area (Å²) in [6.45, 7) is 6.80. The Morgan fingerprint density at radius 3 is 2.73 bits per heavy atom. The molecule has 10 heteroatoms. The number of carbonyl (C=O) groups excluding carboxylic acids is 2. The average molecular weight is 447 g/mol. The molecule has 3 heterocycles. The Kier molecular flexibility index (Phi) is 6.24. The highest BCUT2D eigenvalue weighted by molar-refractivity contribution is 6.19. The number of anilines is 2. The molecular formula is C23H25N7O3. The zero-order chi connectivity index (χ0) is 23.5. The van der Waals surface area contributed by atoms with Crippen LogP contribution in [-0.2, 0) is 16.1 Å². The Balaban J connectivity index is 1.69. The third-order valence-corrected chi connectivity index (χ3v) is 5.75. The second-order valence-electron chi connectivity index (χ2n) is 8.13. The summed E-state index contributed by atoms with van der Waals surface area (Å²) < 4.78 is 5.46. The van der Waals surface area contributed by atoms with Crippen LogP contribution < -0.4 is 15.5 Å². The van der Waals surface area contributed by atoms with Crippen LogP contribution in [0.5, 0.6) is 0 Å². The fourth-order valence-electron chi connectivity index (χ4n) is 3.95. The second-order valence-corrected chi connectivity index (χ2v) is 8.13. The number of hydrogen-bond donors (Lipinski definition) is 3. The number of carbonyl (C=O) groups is 2. The summed E-state index contributed by atoms with van der Waals surface area (Å²) in [6, 6.07) is 5.70. The molecule has 0 aliphatic carbocycles. The van der Waals surface area contributed by atoms with Gasteiger partial charge in [0.05, 0.1) is 35.7 Å². The lowest BCUT2D eigenvalue weighted by atomic mass is 10.1. The quantitative estimate of drug-likeness (QED) is 0.465. The van der Waals surface area contributed by atoms with Crippen molar-refractivity contribution in [2.24, 2.45) is 4.99 Å². The zero-order valence-corrected chi connectivity index (χ0v) is 18.5. The van der Waals surface area contributed by atoms with Gasteiger partial charge in [0.1, 0.15) is 11.9 Å². The van der Waals surface area contributed by atoms with Crippen LogP contribution in [-0.4, -0.2) is 61.5 Å². The number of amides is 2. The van der Waals surface area contributed by atoms with Gasteiger partial charge in [-0.15, -0.1) is 0 Å². The maximum Gasteiger partial charge on any atom is 0.261 e. The summed E-state index contributed by atoms with van der Waals surface area (Å²) in [5.41, 5.74) is 3.13. The molecule has 0 radical (unpaired) electrons.